The first-order valence-electron chi connectivity index (χ1n) is 17.8. The molecule has 0 fully saturated rings. The standard InChI is InChI=1S/C47H38N4O/c1-46(2)37-22-13-23-41(52)42(37)43-38(47(46,3)4)24-25-39(49-43)40-29-51(45(50-40)36-21-11-18-32-28-48-27-26-33(32)36)44-34(30-14-7-5-8-15-30)19-12-20-35(44)31-16-9-6-10-17-31/h5-29,52H,1-4H3. The highest BCUT2D eigenvalue weighted by atomic mass is 16.3. The Hall–Kier alpha value is -6.33. The van der Waals surface area contributed by atoms with Crippen molar-refractivity contribution in [3.63, 3.8) is 0 Å². The van der Waals surface area contributed by atoms with E-state index in [-0.39, 0.29) is 16.6 Å². The van der Waals surface area contributed by atoms with Gasteiger partial charge in [0.05, 0.1) is 17.1 Å². The Morgan fingerprint density at radius 2 is 1.19 bits per heavy atom. The summed E-state index contributed by atoms with van der Waals surface area (Å²) >= 11 is 0. The monoisotopic (exact) mass is 674 g/mol. The van der Waals surface area contributed by atoms with Crippen LogP contribution in [0, 0.1) is 0 Å². The van der Waals surface area contributed by atoms with E-state index in [1.807, 2.05) is 18.5 Å². The number of hydrogen-bond donors (Lipinski definition) is 1. The fourth-order valence-corrected chi connectivity index (χ4v) is 7.97. The van der Waals surface area contributed by atoms with Gasteiger partial charge in [-0.05, 0) is 51.3 Å². The third-order valence-corrected chi connectivity index (χ3v) is 11.4. The summed E-state index contributed by atoms with van der Waals surface area (Å²) in [6.45, 7) is 9.05. The fourth-order valence-electron chi connectivity index (χ4n) is 7.97. The van der Waals surface area contributed by atoms with Gasteiger partial charge in [0.1, 0.15) is 17.3 Å². The Kier molecular flexibility index (Phi) is 7.23. The maximum atomic E-state index is 11.3. The maximum Gasteiger partial charge on any atom is 0.145 e. The molecule has 5 heteroatoms. The molecule has 5 nitrogen and oxygen atoms in total. The summed E-state index contributed by atoms with van der Waals surface area (Å²) in [5.41, 5.74) is 11.2. The molecule has 3 aromatic heterocycles. The number of para-hydroxylation sites is 1. The van der Waals surface area contributed by atoms with E-state index in [1.54, 1.807) is 6.07 Å². The summed E-state index contributed by atoms with van der Waals surface area (Å²) in [7, 11) is 0. The van der Waals surface area contributed by atoms with Crippen LogP contribution in [0.4, 0.5) is 0 Å². The van der Waals surface area contributed by atoms with Gasteiger partial charge in [0.15, 0.2) is 0 Å². The largest absolute Gasteiger partial charge is 0.507 e. The van der Waals surface area contributed by atoms with Crippen LogP contribution < -0.4 is 0 Å². The molecule has 0 aliphatic heterocycles. The maximum absolute atomic E-state index is 11.3. The SMILES string of the molecule is CC1(C)c2ccc(-c3cn(-c4c(-c5ccccc5)cccc4-c4ccccc4)c(-c4cccc5cnccc45)n3)nc2-c2c(O)cccc2C1(C)C. The van der Waals surface area contributed by atoms with E-state index in [4.69, 9.17) is 9.97 Å². The van der Waals surface area contributed by atoms with Crippen LogP contribution in [0.1, 0.15) is 38.8 Å². The average molecular weight is 675 g/mol. The number of benzene rings is 5. The van der Waals surface area contributed by atoms with Crippen molar-refractivity contribution in [3.05, 3.63) is 163 Å². The number of rotatable bonds is 5. The smallest absolute Gasteiger partial charge is 0.145 e. The van der Waals surface area contributed by atoms with Gasteiger partial charge in [-0.2, -0.15) is 0 Å². The van der Waals surface area contributed by atoms with E-state index in [2.05, 4.69) is 165 Å². The van der Waals surface area contributed by atoms with Gasteiger partial charge in [0.2, 0.25) is 0 Å². The van der Waals surface area contributed by atoms with Gasteiger partial charge in [0.25, 0.3) is 0 Å². The summed E-state index contributed by atoms with van der Waals surface area (Å²) in [5, 5.41) is 13.4. The molecule has 52 heavy (non-hydrogen) atoms. The normalized spacial score (nSPS) is 14.2. The first kappa shape index (κ1) is 31.6. The number of imidazole rings is 1. The number of pyridine rings is 2. The van der Waals surface area contributed by atoms with Crippen molar-refractivity contribution in [2.24, 2.45) is 0 Å². The molecule has 0 saturated carbocycles. The highest BCUT2D eigenvalue weighted by Crippen LogP contribution is 2.55. The molecular weight excluding hydrogens is 637 g/mol. The first-order valence-corrected chi connectivity index (χ1v) is 17.8. The first-order chi connectivity index (χ1) is 25.2. The van der Waals surface area contributed by atoms with Gasteiger partial charge < -0.3 is 5.11 Å². The lowest BCUT2D eigenvalue weighted by molar-refractivity contribution is 0.296. The molecule has 1 aliphatic rings. The van der Waals surface area contributed by atoms with Crippen molar-refractivity contribution in [2.45, 2.75) is 38.5 Å². The van der Waals surface area contributed by atoms with E-state index in [0.717, 1.165) is 83.9 Å². The summed E-state index contributed by atoms with van der Waals surface area (Å²) in [6, 6.07) is 46.0. The molecule has 3 heterocycles. The molecule has 0 amide bonds. The van der Waals surface area contributed by atoms with Crippen LogP contribution in [0.5, 0.6) is 5.75 Å². The summed E-state index contributed by atoms with van der Waals surface area (Å²) in [6.07, 6.45) is 5.87. The van der Waals surface area contributed by atoms with E-state index in [9.17, 15) is 5.11 Å². The van der Waals surface area contributed by atoms with Crippen molar-refractivity contribution >= 4 is 10.8 Å². The Morgan fingerprint density at radius 3 is 1.90 bits per heavy atom. The molecule has 0 saturated heterocycles. The third kappa shape index (κ3) is 4.80. The van der Waals surface area contributed by atoms with Crippen LogP contribution in [0.25, 0.3) is 72.7 Å². The summed E-state index contributed by atoms with van der Waals surface area (Å²) < 4.78 is 2.24. The Morgan fingerprint density at radius 1 is 0.558 bits per heavy atom. The van der Waals surface area contributed by atoms with Crippen LogP contribution in [0.15, 0.2) is 152 Å². The second kappa shape index (κ2) is 11.9. The number of fused-ring (bicyclic) bond motifs is 4. The van der Waals surface area contributed by atoms with Crippen LogP contribution >= 0.6 is 0 Å². The second-order valence-electron chi connectivity index (χ2n) is 14.7. The third-order valence-electron chi connectivity index (χ3n) is 11.4. The molecular formula is C47H38N4O. The molecule has 8 aromatic rings. The molecule has 0 radical (unpaired) electrons. The van der Waals surface area contributed by atoms with Gasteiger partial charge in [-0.1, -0.05) is 143 Å². The van der Waals surface area contributed by atoms with Gasteiger partial charge in [-0.15, -0.1) is 0 Å². The minimum Gasteiger partial charge on any atom is -0.507 e. The molecule has 0 bridgehead atoms. The molecule has 1 aliphatic carbocycles. The minimum absolute atomic E-state index is 0.232. The Labute approximate surface area is 304 Å². The van der Waals surface area contributed by atoms with Crippen LogP contribution in [0.2, 0.25) is 0 Å². The van der Waals surface area contributed by atoms with Gasteiger partial charge in [-0.25, -0.2) is 9.97 Å². The number of phenolic OH excluding ortho intramolecular Hbond substituents is 1. The Balaban J connectivity index is 1.35. The van der Waals surface area contributed by atoms with Gasteiger partial charge >= 0.3 is 0 Å². The topological polar surface area (TPSA) is 63.8 Å². The Bertz CT molecular complexity index is 2570. The van der Waals surface area contributed by atoms with E-state index >= 15 is 0 Å². The average Bonchev–Trinajstić information content (AvgIpc) is 3.62. The number of phenols is 1. The number of aromatic hydroxyl groups is 1. The van der Waals surface area contributed by atoms with E-state index in [1.165, 1.54) is 0 Å². The molecule has 5 aromatic carbocycles. The number of aromatic nitrogens is 4. The second-order valence-corrected chi connectivity index (χ2v) is 14.7. The molecule has 9 rings (SSSR count). The lowest BCUT2D eigenvalue weighted by atomic mass is 9.56. The highest BCUT2D eigenvalue weighted by Gasteiger charge is 2.47. The zero-order chi connectivity index (χ0) is 35.6. The molecule has 0 atom stereocenters. The highest BCUT2D eigenvalue weighted by molar-refractivity contribution is 5.96. The molecule has 1 N–H and O–H groups in total. The van der Waals surface area contributed by atoms with Crippen molar-refractivity contribution in [3.8, 4) is 67.7 Å². The number of nitrogens with zero attached hydrogens (tertiary/aromatic N) is 4. The van der Waals surface area contributed by atoms with Crippen LogP contribution in [0.3, 0.4) is 0 Å². The fraction of sp³-hybridized carbons (Fsp3) is 0.128. The van der Waals surface area contributed by atoms with Crippen molar-refractivity contribution in [2.75, 3.05) is 0 Å². The van der Waals surface area contributed by atoms with Crippen molar-refractivity contribution in [1.82, 2.24) is 19.5 Å². The van der Waals surface area contributed by atoms with Crippen molar-refractivity contribution in [1.29, 1.82) is 0 Å². The van der Waals surface area contributed by atoms with Gasteiger partial charge in [-0.3, -0.25) is 9.55 Å². The van der Waals surface area contributed by atoms with Crippen LogP contribution in [-0.4, -0.2) is 24.6 Å². The van der Waals surface area contributed by atoms with E-state index < -0.39 is 0 Å². The summed E-state index contributed by atoms with van der Waals surface area (Å²) in [4.78, 5) is 15.2. The summed E-state index contributed by atoms with van der Waals surface area (Å²) in [5.74, 6) is 1.04. The molecule has 252 valence electrons. The molecule has 0 unspecified atom stereocenters. The minimum atomic E-state index is -0.241. The predicted molar refractivity (Wildman–Crippen MR) is 212 cm³/mol. The number of hydrogen-bond acceptors (Lipinski definition) is 4. The van der Waals surface area contributed by atoms with Gasteiger partial charge in [0, 0.05) is 51.6 Å². The lowest BCUT2D eigenvalue weighted by Crippen LogP contribution is -2.43. The van der Waals surface area contributed by atoms with E-state index in [0.29, 0.717) is 0 Å². The zero-order valence-corrected chi connectivity index (χ0v) is 29.7. The lowest BCUT2D eigenvalue weighted by Gasteiger charge is -2.47. The van der Waals surface area contributed by atoms with Crippen molar-refractivity contribution < 1.29 is 5.11 Å². The zero-order valence-electron chi connectivity index (χ0n) is 29.7. The predicted octanol–water partition coefficient (Wildman–Crippen LogP) is 11.4. The molecule has 0 spiro atoms. The quantitative estimate of drug-likeness (QED) is 0.197. The van der Waals surface area contributed by atoms with Crippen LogP contribution in [-0.2, 0) is 10.8 Å².